The lowest BCUT2D eigenvalue weighted by molar-refractivity contribution is 0.487. The van der Waals surface area contributed by atoms with Crippen LogP contribution < -0.4 is 5.32 Å². The van der Waals surface area contributed by atoms with Gasteiger partial charge in [-0.2, -0.15) is 0 Å². The Morgan fingerprint density at radius 2 is 1.90 bits per heavy atom. The topological polar surface area (TPSA) is 25.2 Å². The van der Waals surface area contributed by atoms with Crippen LogP contribution in [0, 0.1) is 25.5 Å². The fraction of sp³-hybridized carbons (Fsp3) is 0.333. The first-order chi connectivity index (χ1) is 8.97. The smallest absolute Gasteiger partial charge is 0.127 e. The van der Waals surface area contributed by atoms with Crippen LogP contribution in [0.1, 0.15) is 35.6 Å². The van der Waals surface area contributed by atoms with Gasteiger partial charge in [0.25, 0.3) is 0 Å². The number of aryl methyl sites for hydroxylation is 2. The van der Waals surface area contributed by atoms with Crippen molar-refractivity contribution >= 4 is 12.4 Å². The fourth-order valence-corrected chi connectivity index (χ4v) is 2.13. The van der Waals surface area contributed by atoms with Crippen molar-refractivity contribution in [3.8, 4) is 0 Å². The van der Waals surface area contributed by atoms with Gasteiger partial charge in [0.2, 0.25) is 0 Å². The van der Waals surface area contributed by atoms with Crippen LogP contribution in [0.15, 0.2) is 28.7 Å². The van der Waals surface area contributed by atoms with Crippen molar-refractivity contribution in [3.63, 3.8) is 0 Å². The van der Waals surface area contributed by atoms with E-state index in [1.165, 1.54) is 6.07 Å². The SMILES string of the molecule is Cc1cc(C(C)NCc2cc(F)ccc2F)c(C)o1.Cl. The van der Waals surface area contributed by atoms with E-state index in [2.05, 4.69) is 5.32 Å². The second-order valence-corrected chi connectivity index (χ2v) is 4.71. The Bertz CT molecular complexity index is 583. The number of halogens is 3. The van der Waals surface area contributed by atoms with E-state index in [9.17, 15) is 8.78 Å². The van der Waals surface area contributed by atoms with Crippen LogP contribution in [0.2, 0.25) is 0 Å². The number of benzene rings is 1. The molecule has 1 atom stereocenters. The van der Waals surface area contributed by atoms with Crippen LogP contribution in [0.5, 0.6) is 0 Å². The molecule has 110 valence electrons. The average Bonchev–Trinajstić information content (AvgIpc) is 2.69. The first kappa shape index (κ1) is 16.7. The molecule has 2 aromatic rings. The molecule has 20 heavy (non-hydrogen) atoms. The quantitative estimate of drug-likeness (QED) is 0.902. The molecule has 0 saturated carbocycles. The summed E-state index contributed by atoms with van der Waals surface area (Å²) in [4.78, 5) is 0. The van der Waals surface area contributed by atoms with E-state index in [-0.39, 0.29) is 25.0 Å². The molecule has 1 aromatic carbocycles. The maximum absolute atomic E-state index is 13.5. The van der Waals surface area contributed by atoms with Gasteiger partial charge < -0.3 is 9.73 Å². The van der Waals surface area contributed by atoms with Crippen molar-refractivity contribution in [2.75, 3.05) is 0 Å². The van der Waals surface area contributed by atoms with Gasteiger partial charge in [0, 0.05) is 23.7 Å². The Labute approximate surface area is 123 Å². The van der Waals surface area contributed by atoms with Gasteiger partial charge in [-0.15, -0.1) is 12.4 Å². The summed E-state index contributed by atoms with van der Waals surface area (Å²) in [6, 6.07) is 5.44. The van der Waals surface area contributed by atoms with Crippen molar-refractivity contribution in [2.24, 2.45) is 0 Å². The lowest BCUT2D eigenvalue weighted by Gasteiger charge is -2.13. The summed E-state index contributed by atoms with van der Waals surface area (Å²) in [5.74, 6) is 0.859. The zero-order valence-electron chi connectivity index (χ0n) is 11.7. The maximum atomic E-state index is 13.5. The molecule has 2 nitrogen and oxygen atoms in total. The van der Waals surface area contributed by atoms with Crippen LogP contribution in [-0.2, 0) is 6.54 Å². The monoisotopic (exact) mass is 301 g/mol. The van der Waals surface area contributed by atoms with Crippen molar-refractivity contribution in [2.45, 2.75) is 33.4 Å². The maximum Gasteiger partial charge on any atom is 0.127 e. The van der Waals surface area contributed by atoms with Gasteiger partial charge in [-0.3, -0.25) is 0 Å². The molecule has 1 unspecified atom stereocenters. The highest BCUT2D eigenvalue weighted by atomic mass is 35.5. The van der Waals surface area contributed by atoms with E-state index < -0.39 is 11.6 Å². The molecule has 1 aromatic heterocycles. The molecule has 1 heterocycles. The van der Waals surface area contributed by atoms with Crippen molar-refractivity contribution in [1.29, 1.82) is 0 Å². The number of rotatable bonds is 4. The number of hydrogen-bond donors (Lipinski definition) is 1. The number of nitrogens with one attached hydrogen (secondary N) is 1. The van der Waals surface area contributed by atoms with E-state index in [1.807, 2.05) is 26.8 Å². The van der Waals surface area contributed by atoms with E-state index in [1.54, 1.807) is 0 Å². The standard InChI is InChI=1S/C15H17F2NO.ClH/c1-9-6-14(11(3)19-9)10(2)18-8-12-7-13(16)4-5-15(12)17;/h4-7,10,18H,8H2,1-3H3;1H. The summed E-state index contributed by atoms with van der Waals surface area (Å²) in [6.07, 6.45) is 0. The fourth-order valence-electron chi connectivity index (χ4n) is 2.13. The highest BCUT2D eigenvalue weighted by Gasteiger charge is 2.13. The molecular weight excluding hydrogens is 284 g/mol. The molecule has 0 amide bonds. The van der Waals surface area contributed by atoms with Crippen LogP contribution in [-0.4, -0.2) is 0 Å². The third-order valence-corrected chi connectivity index (χ3v) is 3.15. The van der Waals surface area contributed by atoms with Crippen LogP contribution in [0.25, 0.3) is 0 Å². The Morgan fingerprint density at radius 3 is 2.50 bits per heavy atom. The van der Waals surface area contributed by atoms with Gasteiger partial charge in [-0.05, 0) is 45.0 Å². The van der Waals surface area contributed by atoms with Gasteiger partial charge in [0.1, 0.15) is 23.2 Å². The molecule has 0 bridgehead atoms. The minimum absolute atomic E-state index is 0. The summed E-state index contributed by atoms with van der Waals surface area (Å²) in [5, 5.41) is 3.17. The second-order valence-electron chi connectivity index (χ2n) is 4.71. The van der Waals surface area contributed by atoms with E-state index in [0.717, 1.165) is 29.2 Å². The minimum Gasteiger partial charge on any atom is -0.466 e. The number of furan rings is 1. The van der Waals surface area contributed by atoms with Gasteiger partial charge in [0.05, 0.1) is 0 Å². The second kappa shape index (κ2) is 6.86. The Hall–Kier alpha value is -1.39. The van der Waals surface area contributed by atoms with Gasteiger partial charge >= 0.3 is 0 Å². The van der Waals surface area contributed by atoms with Crippen molar-refractivity contribution < 1.29 is 13.2 Å². The number of hydrogen-bond acceptors (Lipinski definition) is 2. The Kier molecular flexibility index (Phi) is 5.72. The summed E-state index contributed by atoms with van der Waals surface area (Å²) in [6.45, 7) is 6.02. The lowest BCUT2D eigenvalue weighted by atomic mass is 10.1. The van der Waals surface area contributed by atoms with Gasteiger partial charge in [-0.25, -0.2) is 8.78 Å². The molecule has 0 radical (unpaired) electrons. The minimum atomic E-state index is -0.429. The molecule has 2 rings (SSSR count). The van der Waals surface area contributed by atoms with Gasteiger partial charge in [0.15, 0.2) is 0 Å². The highest BCUT2D eigenvalue weighted by molar-refractivity contribution is 5.85. The molecule has 0 aliphatic rings. The normalized spacial score (nSPS) is 12.1. The van der Waals surface area contributed by atoms with E-state index in [0.29, 0.717) is 5.56 Å². The Balaban J connectivity index is 0.00000200. The van der Waals surface area contributed by atoms with Crippen molar-refractivity contribution in [1.82, 2.24) is 5.32 Å². The average molecular weight is 302 g/mol. The zero-order valence-corrected chi connectivity index (χ0v) is 12.5. The third-order valence-electron chi connectivity index (χ3n) is 3.15. The van der Waals surface area contributed by atoms with Gasteiger partial charge in [-0.1, -0.05) is 0 Å². The lowest BCUT2D eigenvalue weighted by Crippen LogP contribution is -2.19. The summed E-state index contributed by atoms with van der Waals surface area (Å²) in [5.41, 5.74) is 1.36. The molecule has 1 N–H and O–H groups in total. The molecule has 0 aliphatic carbocycles. The highest BCUT2D eigenvalue weighted by Crippen LogP contribution is 2.21. The van der Waals surface area contributed by atoms with Crippen LogP contribution in [0.4, 0.5) is 8.78 Å². The predicted octanol–water partition coefficient (Wildman–Crippen LogP) is 4.45. The molecule has 0 spiro atoms. The third kappa shape index (κ3) is 3.81. The van der Waals surface area contributed by atoms with Crippen molar-refractivity contribution in [3.05, 3.63) is 58.5 Å². The largest absolute Gasteiger partial charge is 0.466 e. The van der Waals surface area contributed by atoms with E-state index in [4.69, 9.17) is 4.42 Å². The first-order valence-corrected chi connectivity index (χ1v) is 6.21. The molecular formula is C15H18ClF2NO. The van der Waals surface area contributed by atoms with Crippen LogP contribution in [0.3, 0.4) is 0 Å². The van der Waals surface area contributed by atoms with Crippen LogP contribution >= 0.6 is 12.4 Å². The Morgan fingerprint density at radius 1 is 1.20 bits per heavy atom. The predicted molar refractivity (Wildman–Crippen MR) is 77.0 cm³/mol. The summed E-state index contributed by atoms with van der Waals surface area (Å²) >= 11 is 0. The van der Waals surface area contributed by atoms with E-state index >= 15 is 0 Å². The molecule has 0 saturated heterocycles. The first-order valence-electron chi connectivity index (χ1n) is 6.21. The summed E-state index contributed by atoms with van der Waals surface area (Å²) in [7, 11) is 0. The molecule has 0 fully saturated rings. The summed E-state index contributed by atoms with van der Waals surface area (Å²) < 4.78 is 32.0. The molecule has 5 heteroatoms. The zero-order chi connectivity index (χ0) is 14.0. The molecule has 0 aliphatic heterocycles.